The Morgan fingerprint density at radius 3 is 3.12 bits per heavy atom. The average Bonchev–Trinajstić information content (AvgIpc) is 3.11. The van der Waals surface area contributed by atoms with E-state index in [0.717, 1.165) is 39.9 Å². The highest BCUT2D eigenvalue weighted by Crippen LogP contribution is 2.40. The predicted molar refractivity (Wildman–Crippen MR) is 94.4 cm³/mol. The largest absolute Gasteiger partial charge is 0.496 e. The Morgan fingerprint density at radius 1 is 1.29 bits per heavy atom. The van der Waals surface area contributed by atoms with Crippen LogP contribution in [-0.2, 0) is 4.74 Å². The van der Waals surface area contributed by atoms with Crippen LogP contribution >= 0.6 is 15.9 Å². The number of amidine groups is 1. The number of nitrogens with zero attached hydrogens (tertiary/aromatic N) is 3. The number of nitrogens with two attached hydrogens (primary N) is 1. The normalized spacial score (nSPS) is 19.5. The zero-order valence-electron chi connectivity index (χ0n) is 12.6. The van der Waals surface area contributed by atoms with Gasteiger partial charge in [-0.1, -0.05) is 0 Å². The van der Waals surface area contributed by atoms with Crippen molar-refractivity contribution in [2.24, 2.45) is 4.99 Å². The summed E-state index contributed by atoms with van der Waals surface area (Å²) in [7, 11) is 0. The van der Waals surface area contributed by atoms with Gasteiger partial charge in [0.25, 0.3) is 6.01 Å². The van der Waals surface area contributed by atoms with E-state index in [1.165, 1.54) is 11.3 Å². The zero-order valence-corrected chi connectivity index (χ0v) is 14.2. The maximum atomic E-state index is 5.64. The third-order valence-corrected chi connectivity index (χ3v) is 5.05. The number of oxazole rings is 1. The molecule has 0 bridgehead atoms. The number of hydrogen-bond donors (Lipinski definition) is 1. The van der Waals surface area contributed by atoms with Crippen LogP contribution in [0.4, 0.5) is 6.01 Å². The first-order valence-corrected chi connectivity index (χ1v) is 8.42. The Morgan fingerprint density at radius 2 is 2.21 bits per heavy atom. The summed E-state index contributed by atoms with van der Waals surface area (Å²) < 4.78 is 12.0. The summed E-state index contributed by atoms with van der Waals surface area (Å²) in [5.41, 5.74) is 11.6. The molecule has 0 fully saturated rings. The second-order valence-corrected chi connectivity index (χ2v) is 6.72. The molecule has 24 heavy (non-hydrogen) atoms. The highest BCUT2D eigenvalue weighted by Gasteiger charge is 2.34. The number of aliphatic imine (C=N–C) groups is 1. The van der Waals surface area contributed by atoms with Crippen molar-refractivity contribution in [3.05, 3.63) is 57.6 Å². The number of hydrogen-bond acceptors (Lipinski definition) is 6. The van der Waals surface area contributed by atoms with Gasteiger partial charge < -0.3 is 19.8 Å². The molecule has 7 heteroatoms. The van der Waals surface area contributed by atoms with E-state index >= 15 is 0 Å². The van der Waals surface area contributed by atoms with Gasteiger partial charge in [-0.05, 0) is 46.1 Å². The van der Waals surface area contributed by atoms with E-state index in [1.54, 1.807) is 6.26 Å². The molecule has 0 saturated heterocycles. The monoisotopic (exact) mass is 384 g/mol. The van der Waals surface area contributed by atoms with E-state index in [1.807, 2.05) is 24.4 Å². The summed E-state index contributed by atoms with van der Waals surface area (Å²) in [5, 5.41) is 0. The van der Waals surface area contributed by atoms with Gasteiger partial charge in [0.2, 0.25) is 0 Å². The SMILES string of the molecule is Nc1nc2ccc(C3=NC=C4C(Br)=COCC5=C4N3CC5)cc2o1. The van der Waals surface area contributed by atoms with Gasteiger partial charge in [-0.3, -0.25) is 0 Å². The number of anilines is 1. The molecule has 0 amide bonds. The van der Waals surface area contributed by atoms with Crippen molar-refractivity contribution in [3.63, 3.8) is 0 Å². The van der Waals surface area contributed by atoms with Crippen molar-refractivity contribution >= 4 is 38.9 Å². The molecule has 1 aromatic heterocycles. The molecule has 0 saturated carbocycles. The van der Waals surface area contributed by atoms with E-state index in [0.29, 0.717) is 12.2 Å². The zero-order chi connectivity index (χ0) is 16.3. The summed E-state index contributed by atoms with van der Waals surface area (Å²) in [6.07, 6.45) is 4.60. The number of rotatable bonds is 1. The lowest BCUT2D eigenvalue weighted by Crippen LogP contribution is -2.31. The van der Waals surface area contributed by atoms with Crippen LogP contribution in [-0.4, -0.2) is 28.9 Å². The molecule has 2 N–H and O–H groups in total. The Hall–Kier alpha value is -2.54. The molecule has 3 aliphatic heterocycles. The lowest BCUT2D eigenvalue weighted by molar-refractivity contribution is 0.279. The Kier molecular flexibility index (Phi) is 2.87. The van der Waals surface area contributed by atoms with E-state index < -0.39 is 0 Å². The molecule has 4 heterocycles. The van der Waals surface area contributed by atoms with Crippen molar-refractivity contribution in [2.75, 3.05) is 18.9 Å². The molecular formula is C17H13BrN4O2. The first kappa shape index (κ1) is 13.9. The molecule has 3 aliphatic rings. The van der Waals surface area contributed by atoms with Crippen LogP contribution in [0.2, 0.25) is 0 Å². The number of benzene rings is 1. The van der Waals surface area contributed by atoms with E-state index in [-0.39, 0.29) is 6.01 Å². The van der Waals surface area contributed by atoms with Crippen molar-refractivity contribution in [3.8, 4) is 0 Å². The second kappa shape index (κ2) is 4.98. The van der Waals surface area contributed by atoms with Crippen LogP contribution < -0.4 is 5.73 Å². The maximum absolute atomic E-state index is 5.64. The molecule has 2 aromatic rings. The van der Waals surface area contributed by atoms with Crippen molar-refractivity contribution in [1.82, 2.24) is 9.88 Å². The number of nitrogen functional groups attached to an aromatic ring is 1. The van der Waals surface area contributed by atoms with Crippen LogP contribution in [0.5, 0.6) is 0 Å². The highest BCUT2D eigenvalue weighted by molar-refractivity contribution is 9.12. The number of aromatic nitrogens is 1. The van der Waals surface area contributed by atoms with Crippen LogP contribution in [0.25, 0.3) is 11.1 Å². The fourth-order valence-corrected chi connectivity index (χ4v) is 3.80. The van der Waals surface area contributed by atoms with Crippen LogP contribution in [0, 0.1) is 0 Å². The van der Waals surface area contributed by atoms with E-state index in [2.05, 4.69) is 25.8 Å². The minimum Gasteiger partial charge on any atom is -0.496 e. The van der Waals surface area contributed by atoms with Gasteiger partial charge in [-0.15, -0.1) is 0 Å². The van der Waals surface area contributed by atoms with Crippen molar-refractivity contribution in [2.45, 2.75) is 6.42 Å². The Labute approximate surface area is 146 Å². The molecule has 0 radical (unpaired) electrons. The fraction of sp³-hybridized carbons (Fsp3) is 0.176. The van der Waals surface area contributed by atoms with Gasteiger partial charge in [-0.2, -0.15) is 4.98 Å². The third-order valence-electron chi connectivity index (χ3n) is 4.43. The summed E-state index contributed by atoms with van der Waals surface area (Å²) in [6.45, 7) is 1.50. The highest BCUT2D eigenvalue weighted by atomic mass is 79.9. The minimum absolute atomic E-state index is 0.177. The smallest absolute Gasteiger partial charge is 0.292 e. The Bertz CT molecular complexity index is 999. The van der Waals surface area contributed by atoms with Crippen molar-refractivity contribution in [1.29, 1.82) is 0 Å². The summed E-state index contributed by atoms with van der Waals surface area (Å²) >= 11 is 3.57. The standard InChI is InChI=1S/C17H13BrN4O2/c18-12-8-23-7-10-3-4-22-15(10)11(12)6-20-16(22)9-1-2-13-14(5-9)24-17(19)21-13/h1-2,5-6,8H,3-4,7H2,(H2,19,21). The lowest BCUT2D eigenvalue weighted by Gasteiger charge is -2.28. The molecule has 5 rings (SSSR count). The van der Waals surface area contributed by atoms with Gasteiger partial charge in [-0.25, -0.2) is 4.99 Å². The van der Waals surface area contributed by atoms with E-state index in [4.69, 9.17) is 19.9 Å². The molecule has 0 spiro atoms. The predicted octanol–water partition coefficient (Wildman–Crippen LogP) is 3.28. The lowest BCUT2D eigenvalue weighted by atomic mass is 10.1. The van der Waals surface area contributed by atoms with Crippen molar-refractivity contribution < 1.29 is 9.15 Å². The number of fused-ring (bicyclic) bond motifs is 1. The van der Waals surface area contributed by atoms with Gasteiger partial charge >= 0.3 is 0 Å². The van der Waals surface area contributed by atoms with Gasteiger partial charge in [0.1, 0.15) is 18.0 Å². The number of allylic oxidation sites excluding steroid dienone is 1. The van der Waals surface area contributed by atoms with Gasteiger partial charge in [0.15, 0.2) is 5.58 Å². The van der Waals surface area contributed by atoms with Crippen LogP contribution in [0.1, 0.15) is 12.0 Å². The second-order valence-electron chi connectivity index (χ2n) is 5.86. The molecule has 1 aromatic carbocycles. The fourth-order valence-electron chi connectivity index (χ4n) is 3.38. The first-order valence-electron chi connectivity index (χ1n) is 7.63. The third kappa shape index (κ3) is 1.94. The van der Waals surface area contributed by atoms with Gasteiger partial charge in [0, 0.05) is 23.9 Å². The summed E-state index contributed by atoms with van der Waals surface area (Å²) in [6, 6.07) is 6.02. The van der Waals surface area contributed by atoms with Crippen LogP contribution in [0.3, 0.4) is 0 Å². The number of ether oxygens (including phenoxy) is 1. The molecule has 0 atom stereocenters. The topological polar surface area (TPSA) is 76.9 Å². The maximum Gasteiger partial charge on any atom is 0.292 e. The molecule has 0 unspecified atom stereocenters. The minimum atomic E-state index is 0.177. The molecule has 0 aliphatic carbocycles. The molecule has 120 valence electrons. The average molecular weight is 385 g/mol. The van der Waals surface area contributed by atoms with E-state index in [9.17, 15) is 0 Å². The summed E-state index contributed by atoms with van der Waals surface area (Å²) in [5.74, 6) is 0.905. The van der Waals surface area contributed by atoms with Gasteiger partial charge in [0.05, 0.1) is 16.4 Å². The van der Waals surface area contributed by atoms with Crippen LogP contribution in [0.15, 0.2) is 61.4 Å². The number of halogens is 1. The quantitative estimate of drug-likeness (QED) is 0.816. The molecular weight excluding hydrogens is 372 g/mol. The first-order chi connectivity index (χ1) is 11.7. The summed E-state index contributed by atoms with van der Waals surface area (Å²) in [4.78, 5) is 11.1. The Balaban J connectivity index is 1.66. The molecule has 6 nitrogen and oxygen atoms in total.